The molecular formula is C12H16Cl2O. The molecule has 1 nitrogen and oxygen atoms in total. The summed E-state index contributed by atoms with van der Waals surface area (Å²) >= 11 is 11.3. The predicted octanol–water partition coefficient (Wildman–Crippen LogP) is 4.09. The summed E-state index contributed by atoms with van der Waals surface area (Å²) in [6.45, 7) is 0. The number of carbonyl (C=O) groups is 1. The largest absolute Gasteiger partial charge is 0.299 e. The number of hydrogen-bond acceptors (Lipinski definition) is 1. The lowest BCUT2D eigenvalue weighted by Crippen LogP contribution is -2.42. The van der Waals surface area contributed by atoms with Gasteiger partial charge in [-0.2, -0.15) is 0 Å². The third-order valence-corrected chi connectivity index (χ3v) is 4.02. The lowest BCUT2D eigenvalue weighted by Gasteiger charge is -2.40. The molecule has 0 amide bonds. The van der Waals surface area contributed by atoms with Crippen LogP contribution in [-0.4, -0.2) is 5.78 Å². The second-order valence-corrected chi connectivity index (χ2v) is 5.72. The van der Waals surface area contributed by atoms with Gasteiger partial charge in [-0.25, -0.2) is 0 Å². The van der Waals surface area contributed by atoms with Crippen LogP contribution >= 0.6 is 23.2 Å². The molecule has 0 aromatic heterocycles. The van der Waals surface area contributed by atoms with Gasteiger partial charge in [0.1, 0.15) is 10.3 Å². The van der Waals surface area contributed by atoms with E-state index in [2.05, 4.69) is 0 Å². The van der Waals surface area contributed by atoms with Crippen molar-refractivity contribution in [2.75, 3.05) is 0 Å². The van der Waals surface area contributed by atoms with Crippen molar-refractivity contribution in [3.63, 3.8) is 0 Å². The summed E-state index contributed by atoms with van der Waals surface area (Å²) in [5.74, 6) is 1.54. The Morgan fingerprint density at radius 3 is 2.40 bits per heavy atom. The van der Waals surface area contributed by atoms with Gasteiger partial charge in [0, 0.05) is 12.3 Å². The fraction of sp³-hybridized carbons (Fsp3) is 0.750. The Hall–Kier alpha value is -0.0100. The first kappa shape index (κ1) is 11.5. The molecule has 2 fully saturated rings. The Bertz CT molecular complexity index is 275. The van der Waals surface area contributed by atoms with Crippen LogP contribution in [0, 0.1) is 17.8 Å². The van der Waals surface area contributed by atoms with E-state index in [0.717, 1.165) is 0 Å². The molecular weight excluding hydrogens is 231 g/mol. The molecule has 84 valence electrons. The average Bonchev–Trinajstić information content (AvgIpc) is 2.17. The molecule has 0 spiro atoms. The van der Waals surface area contributed by atoms with E-state index in [4.69, 9.17) is 23.2 Å². The van der Waals surface area contributed by atoms with Crippen molar-refractivity contribution in [3.05, 3.63) is 10.6 Å². The van der Waals surface area contributed by atoms with Gasteiger partial charge in [-0.3, -0.25) is 4.79 Å². The van der Waals surface area contributed by atoms with Crippen LogP contribution in [0.5, 0.6) is 0 Å². The van der Waals surface area contributed by atoms with Gasteiger partial charge in [-0.15, -0.1) is 0 Å². The molecule has 3 heteroatoms. The van der Waals surface area contributed by atoms with E-state index in [0.29, 0.717) is 28.5 Å². The van der Waals surface area contributed by atoms with Gasteiger partial charge in [-0.05, 0) is 30.8 Å². The monoisotopic (exact) mass is 246 g/mol. The van der Waals surface area contributed by atoms with Crippen molar-refractivity contribution in [1.29, 1.82) is 0 Å². The highest BCUT2D eigenvalue weighted by Gasteiger charge is 2.43. The van der Waals surface area contributed by atoms with Crippen LogP contribution in [0.2, 0.25) is 0 Å². The van der Waals surface area contributed by atoms with Crippen LogP contribution in [-0.2, 0) is 4.79 Å². The molecule has 2 unspecified atom stereocenters. The molecule has 0 aromatic rings. The van der Waals surface area contributed by atoms with E-state index in [1.54, 1.807) is 0 Å². The highest BCUT2D eigenvalue weighted by atomic mass is 35.5. The number of carbonyl (C=O) groups excluding carboxylic acids is 1. The summed E-state index contributed by atoms with van der Waals surface area (Å²) in [4.78, 5) is 11.6. The van der Waals surface area contributed by atoms with Gasteiger partial charge in [0.15, 0.2) is 0 Å². The van der Waals surface area contributed by atoms with Crippen molar-refractivity contribution in [3.8, 4) is 0 Å². The molecule has 2 aliphatic carbocycles. The Kier molecular flexibility index (Phi) is 3.73. The van der Waals surface area contributed by atoms with Gasteiger partial charge >= 0.3 is 0 Å². The number of Topliss-reactive ketones (excluding diaryl/α,β-unsaturated/α-hetero) is 1. The molecule has 15 heavy (non-hydrogen) atoms. The molecule has 0 bridgehead atoms. The van der Waals surface area contributed by atoms with Crippen LogP contribution < -0.4 is 0 Å². The summed E-state index contributed by atoms with van der Waals surface area (Å²) in [5.41, 5.74) is 0. The standard InChI is InChI=1S/C12H16Cl2O/c13-11(14)7-9-6-10(15)12(9)8-4-2-1-3-5-8/h7-9,12H,1-6H2. The number of halogens is 2. The minimum atomic E-state index is 0.220. The van der Waals surface area contributed by atoms with E-state index in [1.165, 1.54) is 32.1 Å². The highest BCUT2D eigenvalue weighted by Crippen LogP contribution is 2.44. The number of hydrogen-bond donors (Lipinski definition) is 0. The minimum absolute atomic E-state index is 0.220. The number of allylic oxidation sites excluding steroid dienone is 1. The molecule has 2 aliphatic rings. The van der Waals surface area contributed by atoms with Gasteiger partial charge < -0.3 is 0 Å². The zero-order chi connectivity index (χ0) is 10.8. The Morgan fingerprint density at radius 1 is 1.20 bits per heavy atom. The maximum atomic E-state index is 11.6. The van der Waals surface area contributed by atoms with Crippen molar-refractivity contribution in [2.24, 2.45) is 17.8 Å². The second-order valence-electron chi connectivity index (χ2n) is 4.71. The van der Waals surface area contributed by atoms with Crippen LogP contribution in [0.15, 0.2) is 10.6 Å². The maximum absolute atomic E-state index is 11.6. The molecule has 2 saturated carbocycles. The third-order valence-electron chi connectivity index (χ3n) is 3.77. The minimum Gasteiger partial charge on any atom is -0.299 e. The number of ketones is 1. The molecule has 0 aromatic carbocycles. The maximum Gasteiger partial charge on any atom is 0.137 e. The second kappa shape index (κ2) is 4.88. The lowest BCUT2D eigenvalue weighted by atomic mass is 9.62. The van der Waals surface area contributed by atoms with Gasteiger partial charge in [0.25, 0.3) is 0 Å². The zero-order valence-electron chi connectivity index (χ0n) is 8.72. The van der Waals surface area contributed by atoms with Crippen molar-refractivity contribution in [2.45, 2.75) is 38.5 Å². The van der Waals surface area contributed by atoms with Crippen LogP contribution in [0.4, 0.5) is 0 Å². The Balaban J connectivity index is 1.99. The topological polar surface area (TPSA) is 17.1 Å². The highest BCUT2D eigenvalue weighted by molar-refractivity contribution is 6.55. The van der Waals surface area contributed by atoms with E-state index >= 15 is 0 Å². The van der Waals surface area contributed by atoms with Crippen molar-refractivity contribution in [1.82, 2.24) is 0 Å². The molecule has 2 atom stereocenters. The molecule has 0 N–H and O–H groups in total. The zero-order valence-corrected chi connectivity index (χ0v) is 10.2. The first-order valence-corrected chi connectivity index (χ1v) is 6.49. The first-order valence-electron chi connectivity index (χ1n) is 5.74. The van der Waals surface area contributed by atoms with E-state index in [9.17, 15) is 4.79 Å². The third kappa shape index (κ3) is 2.57. The van der Waals surface area contributed by atoms with E-state index in [-0.39, 0.29) is 5.92 Å². The van der Waals surface area contributed by atoms with Gasteiger partial charge in [0.05, 0.1) is 0 Å². The summed E-state index contributed by atoms with van der Waals surface area (Å²) in [6, 6.07) is 0. The van der Waals surface area contributed by atoms with Crippen molar-refractivity contribution < 1.29 is 4.79 Å². The number of rotatable bonds is 2. The van der Waals surface area contributed by atoms with Crippen molar-refractivity contribution >= 4 is 29.0 Å². The fourth-order valence-electron chi connectivity index (χ4n) is 3.00. The quantitative estimate of drug-likeness (QED) is 0.718. The van der Waals surface area contributed by atoms with Crippen LogP contribution in [0.3, 0.4) is 0 Å². The van der Waals surface area contributed by atoms with Crippen LogP contribution in [0.25, 0.3) is 0 Å². The smallest absolute Gasteiger partial charge is 0.137 e. The van der Waals surface area contributed by atoms with Crippen LogP contribution in [0.1, 0.15) is 38.5 Å². The Labute approximate surface area is 101 Å². The lowest BCUT2D eigenvalue weighted by molar-refractivity contribution is -0.135. The van der Waals surface area contributed by atoms with Gasteiger partial charge in [-0.1, -0.05) is 42.5 Å². The van der Waals surface area contributed by atoms with E-state index < -0.39 is 0 Å². The molecule has 2 rings (SSSR count). The molecule has 0 saturated heterocycles. The fourth-order valence-corrected chi connectivity index (χ4v) is 3.33. The summed E-state index contributed by atoms with van der Waals surface area (Å²) in [6.07, 6.45) is 8.79. The summed E-state index contributed by atoms with van der Waals surface area (Å²) in [7, 11) is 0. The predicted molar refractivity (Wildman–Crippen MR) is 63.0 cm³/mol. The molecule has 0 radical (unpaired) electrons. The summed E-state index contributed by atoms with van der Waals surface area (Å²) < 4.78 is 0.313. The average molecular weight is 247 g/mol. The van der Waals surface area contributed by atoms with E-state index in [1.807, 2.05) is 6.08 Å². The Morgan fingerprint density at radius 2 is 1.87 bits per heavy atom. The SMILES string of the molecule is O=C1CC(C=C(Cl)Cl)C1C1CCCCC1. The molecule has 0 aliphatic heterocycles. The first-order chi connectivity index (χ1) is 7.18. The summed E-state index contributed by atoms with van der Waals surface area (Å²) in [5, 5.41) is 0. The molecule has 0 heterocycles. The van der Waals surface area contributed by atoms with Gasteiger partial charge in [0.2, 0.25) is 0 Å². The normalized spacial score (nSPS) is 32.3.